The lowest BCUT2D eigenvalue weighted by Crippen LogP contribution is -2.59. The molecule has 0 fully saturated rings. The molecule has 2 aliphatic carbocycles. The molecule has 11 aromatic rings. The molecule has 2 aromatic heterocycles. The van der Waals surface area contributed by atoms with E-state index >= 15 is 0 Å². The van der Waals surface area contributed by atoms with Crippen molar-refractivity contribution in [1.29, 1.82) is 0 Å². The highest BCUT2D eigenvalue weighted by molar-refractivity contribution is 7.00. The first-order valence-corrected chi connectivity index (χ1v) is 22.8. The minimum absolute atomic E-state index is 0.0289. The molecule has 0 spiro atoms. The number of hydrogen-bond donors (Lipinski definition) is 2. The molecule has 0 unspecified atom stereocenters. The Bertz CT molecular complexity index is 4010. The van der Waals surface area contributed by atoms with Crippen molar-refractivity contribution < 1.29 is 10.2 Å². The van der Waals surface area contributed by atoms with Crippen molar-refractivity contribution in [2.45, 2.75) is 38.5 Å². The van der Waals surface area contributed by atoms with E-state index in [1.54, 1.807) is 24.3 Å². The van der Waals surface area contributed by atoms with Crippen LogP contribution in [0, 0.1) is 0 Å². The van der Waals surface area contributed by atoms with Crippen LogP contribution in [0.3, 0.4) is 0 Å². The molecule has 0 bridgehead atoms. The molecule has 2 aliphatic heterocycles. The maximum absolute atomic E-state index is 10.5. The van der Waals surface area contributed by atoms with Gasteiger partial charge in [0.15, 0.2) is 0 Å². The van der Waals surface area contributed by atoms with E-state index in [0.717, 1.165) is 22.3 Å². The zero-order chi connectivity index (χ0) is 43.4. The third-order valence-corrected chi connectivity index (χ3v) is 16.1. The van der Waals surface area contributed by atoms with E-state index in [-0.39, 0.29) is 29.0 Å². The van der Waals surface area contributed by atoms with Gasteiger partial charge in [0, 0.05) is 54.8 Å². The number of phenols is 2. The second-order valence-electron chi connectivity index (χ2n) is 20.0. The van der Waals surface area contributed by atoms with E-state index in [0.29, 0.717) is 0 Å². The van der Waals surface area contributed by atoms with Crippen molar-refractivity contribution in [3.05, 3.63) is 186 Å². The zero-order valence-electron chi connectivity index (χ0n) is 36.5. The molecule has 2 N–H and O–H groups in total. The number of para-hydroxylation sites is 2. The molecule has 0 saturated heterocycles. The highest BCUT2D eigenvalue weighted by Crippen LogP contribution is 2.54. The first-order chi connectivity index (χ1) is 31.6. The lowest BCUT2D eigenvalue weighted by molar-refractivity contribution is 0.475. The third kappa shape index (κ3) is 4.30. The summed E-state index contributed by atoms with van der Waals surface area (Å²) in [6, 6.07) is 59.9. The van der Waals surface area contributed by atoms with Crippen molar-refractivity contribution in [2.75, 3.05) is 0 Å². The Balaban J connectivity index is 1.04. The molecule has 15 rings (SSSR count). The fraction of sp³-hybridized carbons (Fsp3) is 0.100. The smallest absolute Gasteiger partial charge is 0.252 e. The van der Waals surface area contributed by atoms with Gasteiger partial charge in [0.25, 0.3) is 6.71 Å². The van der Waals surface area contributed by atoms with Crippen LogP contribution in [0.1, 0.15) is 49.9 Å². The average Bonchev–Trinajstić information content (AvgIpc) is 3.97. The minimum atomic E-state index is -0.252. The number of fused-ring (bicyclic) bond motifs is 16. The average molecular weight is 833 g/mol. The summed E-state index contributed by atoms with van der Waals surface area (Å²) in [7, 11) is 0. The van der Waals surface area contributed by atoms with Gasteiger partial charge in [0.05, 0.1) is 11.0 Å². The van der Waals surface area contributed by atoms with Gasteiger partial charge in [0.1, 0.15) is 11.5 Å². The molecule has 0 amide bonds. The Kier molecular flexibility index (Phi) is 6.41. The van der Waals surface area contributed by atoms with Crippen LogP contribution >= 0.6 is 0 Å². The van der Waals surface area contributed by atoms with Crippen LogP contribution in [0.4, 0.5) is 0 Å². The van der Waals surface area contributed by atoms with Crippen molar-refractivity contribution in [1.82, 2.24) is 9.13 Å². The molecule has 5 heteroatoms. The van der Waals surface area contributed by atoms with E-state index < -0.39 is 0 Å². The van der Waals surface area contributed by atoms with Gasteiger partial charge in [-0.05, 0) is 150 Å². The number of aromatic nitrogens is 2. The third-order valence-electron chi connectivity index (χ3n) is 16.1. The van der Waals surface area contributed by atoms with Crippen LogP contribution in [0.5, 0.6) is 11.5 Å². The van der Waals surface area contributed by atoms with Crippen LogP contribution < -0.4 is 16.4 Å². The SMILES string of the molecule is CC1(C)c2ccccc2-c2cc3c4cccc5c4n(c3cc21)-c1cc(-c2ccc(O)cc2)cc2c1B5c1cccc3c4cc5c(cc4n-2c13)C(C)(C)c1cc(-c2ccc(O)cc2)ccc1-5. The topological polar surface area (TPSA) is 50.3 Å². The van der Waals surface area contributed by atoms with Gasteiger partial charge in [-0.25, -0.2) is 0 Å². The molecule has 0 saturated carbocycles. The molecule has 0 atom stereocenters. The summed E-state index contributed by atoms with van der Waals surface area (Å²) in [6.07, 6.45) is 0. The highest BCUT2D eigenvalue weighted by atomic mass is 16.3. The van der Waals surface area contributed by atoms with E-state index in [1.807, 2.05) is 24.3 Å². The molecule has 9 aromatic carbocycles. The van der Waals surface area contributed by atoms with Crippen LogP contribution in [-0.2, 0) is 10.8 Å². The van der Waals surface area contributed by atoms with Crippen LogP contribution in [0.25, 0.3) is 99.5 Å². The van der Waals surface area contributed by atoms with E-state index in [1.165, 1.54) is 116 Å². The van der Waals surface area contributed by atoms with Gasteiger partial charge in [-0.3, -0.25) is 0 Å². The lowest BCUT2D eigenvalue weighted by atomic mass is 9.34. The second-order valence-corrected chi connectivity index (χ2v) is 20.0. The Morgan fingerprint density at radius 3 is 1.43 bits per heavy atom. The molecular weight excluding hydrogens is 791 g/mol. The van der Waals surface area contributed by atoms with Gasteiger partial charge in [-0.2, -0.15) is 0 Å². The van der Waals surface area contributed by atoms with Crippen LogP contribution in [0.15, 0.2) is 164 Å². The summed E-state index contributed by atoms with van der Waals surface area (Å²) in [4.78, 5) is 0. The monoisotopic (exact) mass is 832 g/mol. The van der Waals surface area contributed by atoms with Gasteiger partial charge < -0.3 is 19.3 Å². The minimum Gasteiger partial charge on any atom is -0.508 e. The van der Waals surface area contributed by atoms with Gasteiger partial charge in [-0.15, -0.1) is 0 Å². The fourth-order valence-electron chi connectivity index (χ4n) is 13.0. The predicted molar refractivity (Wildman–Crippen MR) is 269 cm³/mol. The first-order valence-electron chi connectivity index (χ1n) is 22.8. The van der Waals surface area contributed by atoms with Crippen LogP contribution in [0.2, 0.25) is 0 Å². The molecule has 4 heterocycles. The van der Waals surface area contributed by atoms with Crippen molar-refractivity contribution >= 4 is 66.7 Å². The summed E-state index contributed by atoms with van der Waals surface area (Å²) in [5.74, 6) is 0.537. The number of aromatic hydroxyl groups is 2. The number of hydrogen-bond acceptors (Lipinski definition) is 2. The van der Waals surface area contributed by atoms with Crippen molar-refractivity contribution in [3.8, 4) is 67.4 Å². The lowest BCUT2D eigenvalue weighted by Gasteiger charge is -2.34. The standard InChI is InChI=1S/C60H41BN2O2/c1-59(2)46-12-6-5-9-38(46)42-28-44-40-10-7-13-50-57(40)62(52(44)30-48(42)59)54-26-35(33-17-22-37(65)23-18-33)27-55-56(54)61(50)51-14-8-11-41-45-29-43-39-24-19-34(32-15-20-36(64)21-16-32)25-47(39)60(3,4)49(43)31-53(45)63(55)58(41)51/h5-31,64-65H,1-4H3. The normalized spacial score (nSPS) is 15.1. The Labute approximate surface area is 376 Å². The van der Waals surface area contributed by atoms with Gasteiger partial charge >= 0.3 is 0 Å². The summed E-state index contributed by atoms with van der Waals surface area (Å²) < 4.78 is 5.19. The van der Waals surface area contributed by atoms with Crippen LogP contribution in [-0.4, -0.2) is 26.1 Å². The Morgan fingerprint density at radius 2 is 0.862 bits per heavy atom. The Morgan fingerprint density at radius 1 is 0.385 bits per heavy atom. The highest BCUT2D eigenvalue weighted by Gasteiger charge is 2.43. The summed E-state index contributed by atoms with van der Waals surface area (Å²) in [5, 5.41) is 25.6. The summed E-state index contributed by atoms with van der Waals surface area (Å²) >= 11 is 0. The molecule has 306 valence electrons. The van der Waals surface area contributed by atoms with E-state index in [2.05, 4.69) is 152 Å². The summed E-state index contributed by atoms with van der Waals surface area (Å²) in [5.41, 5.74) is 26.1. The molecule has 4 aliphatic rings. The zero-order valence-corrected chi connectivity index (χ0v) is 36.5. The number of phenolic OH excluding ortho intramolecular Hbond substituents is 2. The molecule has 65 heavy (non-hydrogen) atoms. The summed E-state index contributed by atoms with van der Waals surface area (Å²) in [6.45, 7) is 9.52. The van der Waals surface area contributed by atoms with Crippen molar-refractivity contribution in [3.63, 3.8) is 0 Å². The molecule has 0 radical (unpaired) electrons. The van der Waals surface area contributed by atoms with Gasteiger partial charge in [-0.1, -0.05) is 125 Å². The Hall–Kier alpha value is -7.76. The maximum Gasteiger partial charge on any atom is 0.252 e. The second kappa shape index (κ2) is 11.7. The van der Waals surface area contributed by atoms with Crippen molar-refractivity contribution in [2.24, 2.45) is 0 Å². The fourth-order valence-corrected chi connectivity index (χ4v) is 13.0. The predicted octanol–water partition coefficient (Wildman–Crippen LogP) is 12.4. The molecule has 4 nitrogen and oxygen atoms in total. The van der Waals surface area contributed by atoms with Gasteiger partial charge in [0.2, 0.25) is 0 Å². The largest absolute Gasteiger partial charge is 0.508 e. The molecular formula is C60H41BN2O2. The number of rotatable bonds is 2. The quantitative estimate of drug-likeness (QED) is 0.171. The van der Waals surface area contributed by atoms with E-state index in [4.69, 9.17) is 0 Å². The van der Waals surface area contributed by atoms with E-state index in [9.17, 15) is 10.2 Å². The number of benzene rings is 9. The maximum atomic E-state index is 10.5. The first kappa shape index (κ1) is 35.7. The number of nitrogens with zero attached hydrogens (tertiary/aromatic N) is 2.